The summed E-state index contributed by atoms with van der Waals surface area (Å²) in [5, 5.41) is 4.41. The predicted octanol–water partition coefficient (Wildman–Crippen LogP) is 1.57. The molecule has 0 fully saturated rings. The fraction of sp³-hybridized carbons (Fsp3) is 0.143. The van der Waals surface area contributed by atoms with Crippen LogP contribution in [-0.4, -0.2) is 27.4 Å². The first-order valence-electron chi connectivity index (χ1n) is 6.43. The molecule has 0 saturated carbocycles. The summed E-state index contributed by atoms with van der Waals surface area (Å²) >= 11 is 1.15. The number of benzene rings is 1. The van der Waals surface area contributed by atoms with Gasteiger partial charge in [-0.25, -0.2) is 4.98 Å². The highest BCUT2D eigenvalue weighted by molar-refractivity contribution is 7.04. The summed E-state index contributed by atoms with van der Waals surface area (Å²) in [6.07, 6.45) is -0.0295. The second-order valence-corrected chi connectivity index (χ2v) is 5.15. The van der Waals surface area contributed by atoms with Crippen LogP contribution in [0.3, 0.4) is 0 Å². The molecule has 0 saturated heterocycles. The van der Waals surface area contributed by atoms with Gasteiger partial charge in [-0.05, 0) is 23.7 Å². The molecule has 0 spiro atoms. The van der Waals surface area contributed by atoms with E-state index in [4.69, 9.17) is 4.74 Å². The van der Waals surface area contributed by atoms with E-state index < -0.39 is 0 Å². The minimum absolute atomic E-state index is 0.0295. The maximum absolute atomic E-state index is 12.0. The Labute approximate surface area is 129 Å². The Bertz CT molecular complexity index is 887. The molecular formula is C14H12N4O3S. The molecule has 112 valence electrons. The number of rotatable bonds is 4. The number of anilines is 1. The number of aromatic amines is 1. The van der Waals surface area contributed by atoms with E-state index in [2.05, 4.69) is 19.7 Å². The molecule has 8 heteroatoms. The van der Waals surface area contributed by atoms with Gasteiger partial charge in [-0.2, -0.15) is 4.37 Å². The van der Waals surface area contributed by atoms with Crippen LogP contribution in [0.1, 0.15) is 5.82 Å². The second-order valence-electron chi connectivity index (χ2n) is 4.52. The third kappa shape index (κ3) is 2.96. The van der Waals surface area contributed by atoms with Gasteiger partial charge in [0.05, 0.1) is 13.5 Å². The topological polar surface area (TPSA) is 97.0 Å². The third-order valence-electron chi connectivity index (χ3n) is 2.96. The first-order chi connectivity index (χ1) is 10.7. The molecule has 0 radical (unpaired) electrons. The van der Waals surface area contributed by atoms with Crippen LogP contribution >= 0.6 is 11.5 Å². The zero-order valence-electron chi connectivity index (χ0n) is 11.6. The number of fused-ring (bicyclic) bond motifs is 1. The number of nitrogens with one attached hydrogen (secondary N) is 2. The van der Waals surface area contributed by atoms with E-state index >= 15 is 0 Å². The van der Waals surface area contributed by atoms with Crippen molar-refractivity contribution in [2.75, 3.05) is 12.4 Å². The molecule has 2 heterocycles. The number of methoxy groups -OCH3 is 1. The van der Waals surface area contributed by atoms with Crippen LogP contribution in [0, 0.1) is 0 Å². The van der Waals surface area contributed by atoms with Gasteiger partial charge in [-0.15, -0.1) is 0 Å². The zero-order valence-corrected chi connectivity index (χ0v) is 12.4. The Morgan fingerprint density at radius 1 is 1.45 bits per heavy atom. The van der Waals surface area contributed by atoms with Crippen LogP contribution in [0.25, 0.3) is 11.0 Å². The molecule has 3 rings (SSSR count). The molecule has 0 atom stereocenters. The van der Waals surface area contributed by atoms with Crippen molar-refractivity contribution in [3.8, 4) is 5.75 Å². The number of ether oxygens (including phenoxy) is 1. The van der Waals surface area contributed by atoms with Gasteiger partial charge in [-0.1, -0.05) is 6.07 Å². The number of H-pyrrole nitrogens is 1. The molecule has 0 unspecified atom stereocenters. The van der Waals surface area contributed by atoms with Crippen molar-refractivity contribution >= 4 is 34.2 Å². The molecule has 2 N–H and O–H groups in total. The highest BCUT2D eigenvalue weighted by atomic mass is 32.1. The number of hydrogen-bond donors (Lipinski definition) is 2. The number of aromatic nitrogens is 3. The average molecular weight is 316 g/mol. The van der Waals surface area contributed by atoms with Gasteiger partial charge in [0.1, 0.15) is 17.1 Å². The maximum atomic E-state index is 12.0. The van der Waals surface area contributed by atoms with Crippen molar-refractivity contribution in [3.63, 3.8) is 0 Å². The quantitative estimate of drug-likeness (QED) is 0.761. The minimum Gasteiger partial charge on any atom is -0.497 e. The van der Waals surface area contributed by atoms with Crippen molar-refractivity contribution in [2.24, 2.45) is 0 Å². The lowest BCUT2D eigenvalue weighted by Gasteiger charge is -2.06. The molecule has 0 aliphatic rings. The van der Waals surface area contributed by atoms with Crippen molar-refractivity contribution in [3.05, 3.63) is 45.8 Å². The van der Waals surface area contributed by atoms with E-state index in [-0.39, 0.29) is 17.9 Å². The zero-order chi connectivity index (χ0) is 15.5. The maximum Gasteiger partial charge on any atom is 0.278 e. The summed E-state index contributed by atoms with van der Waals surface area (Å²) < 4.78 is 9.04. The van der Waals surface area contributed by atoms with Crippen LogP contribution in [-0.2, 0) is 11.2 Å². The van der Waals surface area contributed by atoms with E-state index in [1.165, 1.54) is 0 Å². The number of amides is 1. The van der Waals surface area contributed by atoms with E-state index in [1.807, 2.05) is 0 Å². The number of nitrogens with zero attached hydrogens (tertiary/aromatic N) is 2. The van der Waals surface area contributed by atoms with Crippen molar-refractivity contribution in [1.82, 2.24) is 14.3 Å². The Kier molecular flexibility index (Phi) is 3.84. The Morgan fingerprint density at radius 2 is 2.32 bits per heavy atom. The lowest BCUT2D eigenvalue weighted by Crippen LogP contribution is -2.19. The van der Waals surface area contributed by atoms with Crippen molar-refractivity contribution in [2.45, 2.75) is 6.42 Å². The van der Waals surface area contributed by atoms with E-state index in [9.17, 15) is 9.59 Å². The molecule has 2 aromatic heterocycles. The molecule has 0 bridgehead atoms. The fourth-order valence-corrected chi connectivity index (χ4v) is 2.57. The summed E-state index contributed by atoms with van der Waals surface area (Å²) in [6, 6.07) is 7.02. The monoisotopic (exact) mass is 316 g/mol. The summed E-state index contributed by atoms with van der Waals surface area (Å²) in [5.41, 5.74) is 1.07. The summed E-state index contributed by atoms with van der Waals surface area (Å²) in [5.74, 6) is 0.673. The van der Waals surface area contributed by atoms with Gasteiger partial charge in [0.15, 0.2) is 5.52 Å². The highest BCUT2D eigenvalue weighted by Gasteiger charge is 2.10. The van der Waals surface area contributed by atoms with E-state index in [0.29, 0.717) is 28.3 Å². The number of carbonyl (C=O) groups excluding carboxylic acids is 1. The van der Waals surface area contributed by atoms with E-state index in [1.54, 1.807) is 36.8 Å². The standard InChI is InChI=1S/C14H12N4O3S/c1-21-9-4-2-3-8(5-9)15-12(19)6-11-16-10-7-22-18-13(10)14(20)17-11/h2-5,7H,6H2,1H3,(H,15,19)(H,16,17,20). The first-order valence-corrected chi connectivity index (χ1v) is 7.26. The van der Waals surface area contributed by atoms with Gasteiger partial charge in [0.2, 0.25) is 5.91 Å². The first kappa shape index (κ1) is 14.2. The molecule has 0 aliphatic heterocycles. The van der Waals surface area contributed by atoms with Gasteiger partial charge in [0, 0.05) is 17.1 Å². The second kappa shape index (κ2) is 5.94. The lowest BCUT2D eigenvalue weighted by atomic mass is 10.3. The molecular weight excluding hydrogens is 304 g/mol. The van der Waals surface area contributed by atoms with Gasteiger partial charge in [-0.3, -0.25) is 9.59 Å². The highest BCUT2D eigenvalue weighted by Crippen LogP contribution is 2.16. The molecule has 7 nitrogen and oxygen atoms in total. The number of hydrogen-bond acceptors (Lipinski definition) is 6. The van der Waals surface area contributed by atoms with Crippen molar-refractivity contribution in [1.29, 1.82) is 0 Å². The largest absolute Gasteiger partial charge is 0.497 e. The van der Waals surface area contributed by atoms with Gasteiger partial charge >= 0.3 is 0 Å². The minimum atomic E-state index is -0.338. The Morgan fingerprint density at radius 3 is 3.14 bits per heavy atom. The SMILES string of the molecule is COc1cccc(NC(=O)Cc2nc3csnc3c(=O)[nH]2)c1. The molecule has 22 heavy (non-hydrogen) atoms. The fourth-order valence-electron chi connectivity index (χ4n) is 1.97. The van der Waals surface area contributed by atoms with Crippen LogP contribution in [0.4, 0.5) is 5.69 Å². The average Bonchev–Trinajstić information content (AvgIpc) is 2.96. The lowest BCUT2D eigenvalue weighted by molar-refractivity contribution is -0.115. The Hall–Kier alpha value is -2.74. The Balaban J connectivity index is 1.76. The van der Waals surface area contributed by atoms with Crippen LogP contribution in [0.15, 0.2) is 34.4 Å². The predicted molar refractivity (Wildman–Crippen MR) is 83.4 cm³/mol. The molecule has 0 aliphatic carbocycles. The molecule has 1 aromatic carbocycles. The third-order valence-corrected chi connectivity index (χ3v) is 3.58. The molecule has 3 aromatic rings. The van der Waals surface area contributed by atoms with Gasteiger partial charge in [0.25, 0.3) is 5.56 Å². The van der Waals surface area contributed by atoms with Crippen LogP contribution in [0.2, 0.25) is 0 Å². The number of carbonyl (C=O) groups is 1. The summed E-state index contributed by atoms with van der Waals surface area (Å²) in [7, 11) is 1.56. The van der Waals surface area contributed by atoms with Crippen LogP contribution in [0.5, 0.6) is 5.75 Å². The van der Waals surface area contributed by atoms with E-state index in [0.717, 1.165) is 11.5 Å². The van der Waals surface area contributed by atoms with Gasteiger partial charge < -0.3 is 15.0 Å². The normalized spacial score (nSPS) is 10.6. The van der Waals surface area contributed by atoms with Crippen molar-refractivity contribution < 1.29 is 9.53 Å². The smallest absolute Gasteiger partial charge is 0.278 e. The molecule has 1 amide bonds. The van der Waals surface area contributed by atoms with Crippen LogP contribution < -0.4 is 15.6 Å². The summed E-state index contributed by atoms with van der Waals surface area (Å²) in [4.78, 5) is 30.6. The summed E-state index contributed by atoms with van der Waals surface area (Å²) in [6.45, 7) is 0.